The fourth-order valence-corrected chi connectivity index (χ4v) is 2.56. The van der Waals surface area contributed by atoms with Gasteiger partial charge in [0.15, 0.2) is 0 Å². The lowest BCUT2D eigenvalue weighted by Gasteiger charge is -2.12. The van der Waals surface area contributed by atoms with Crippen molar-refractivity contribution in [3.8, 4) is 0 Å². The number of para-hydroxylation sites is 1. The quantitative estimate of drug-likeness (QED) is 0.421. The molecule has 2 rings (SSSR count). The zero-order valence-corrected chi connectivity index (χ0v) is 15.2. The van der Waals surface area contributed by atoms with Gasteiger partial charge in [-0.3, -0.25) is 19.7 Å². The van der Waals surface area contributed by atoms with Crippen molar-refractivity contribution in [3.05, 3.63) is 69.3 Å². The molecule has 0 bridgehead atoms. The van der Waals surface area contributed by atoms with Gasteiger partial charge in [0, 0.05) is 37.5 Å². The van der Waals surface area contributed by atoms with Gasteiger partial charge >= 0.3 is 0 Å². The Hall–Kier alpha value is -3.26. The van der Waals surface area contributed by atoms with Crippen LogP contribution in [0.5, 0.6) is 0 Å². The summed E-state index contributed by atoms with van der Waals surface area (Å²) in [5.74, 6) is -0.839. The van der Waals surface area contributed by atoms with Crippen LogP contribution in [0.15, 0.2) is 42.5 Å². The van der Waals surface area contributed by atoms with E-state index in [-0.39, 0.29) is 22.7 Å². The maximum absolute atomic E-state index is 12.6. The molecular weight excluding hydrogens is 350 g/mol. The smallest absolute Gasteiger partial charge is 0.273 e. The van der Waals surface area contributed by atoms with Crippen molar-refractivity contribution in [2.75, 3.05) is 25.6 Å². The van der Waals surface area contributed by atoms with Crippen LogP contribution in [0.25, 0.3) is 0 Å². The molecular formula is C19H21N3O5. The third-order valence-electron chi connectivity index (χ3n) is 3.98. The molecule has 0 spiro atoms. The maximum atomic E-state index is 12.6. The van der Waals surface area contributed by atoms with Crippen molar-refractivity contribution < 1.29 is 19.2 Å². The minimum absolute atomic E-state index is 0.133. The van der Waals surface area contributed by atoms with E-state index < -0.39 is 10.8 Å². The normalized spacial score (nSPS) is 10.3. The number of rotatable bonds is 8. The Morgan fingerprint density at radius 2 is 1.78 bits per heavy atom. The molecule has 0 aliphatic heterocycles. The number of nitrogens with zero attached hydrogens (tertiary/aromatic N) is 1. The number of nitrogens with one attached hydrogen (secondary N) is 2. The number of nitro benzene ring substituents is 1. The highest BCUT2D eigenvalue weighted by Gasteiger charge is 2.19. The molecule has 2 N–H and O–H groups in total. The Labute approximate surface area is 156 Å². The van der Waals surface area contributed by atoms with Gasteiger partial charge in [-0.05, 0) is 31.5 Å². The highest BCUT2D eigenvalue weighted by Crippen LogP contribution is 2.23. The van der Waals surface area contributed by atoms with Gasteiger partial charge in [-0.1, -0.05) is 18.2 Å². The third kappa shape index (κ3) is 5.11. The largest absolute Gasteiger partial charge is 0.385 e. The summed E-state index contributed by atoms with van der Waals surface area (Å²) >= 11 is 0. The second-order valence-electron chi connectivity index (χ2n) is 5.81. The van der Waals surface area contributed by atoms with E-state index in [4.69, 9.17) is 4.74 Å². The number of amides is 2. The fraction of sp³-hybridized carbons (Fsp3) is 0.263. The number of carbonyl (C=O) groups excluding carboxylic acids is 2. The van der Waals surface area contributed by atoms with Crippen LogP contribution in [0.3, 0.4) is 0 Å². The maximum Gasteiger partial charge on any atom is 0.273 e. The molecule has 142 valence electrons. The highest BCUT2D eigenvalue weighted by molar-refractivity contribution is 6.09. The summed E-state index contributed by atoms with van der Waals surface area (Å²) in [6.45, 7) is 2.49. The summed E-state index contributed by atoms with van der Waals surface area (Å²) in [6, 6.07) is 10.9. The topological polar surface area (TPSA) is 111 Å². The van der Waals surface area contributed by atoms with Gasteiger partial charge in [0.1, 0.15) is 0 Å². The van der Waals surface area contributed by atoms with Gasteiger partial charge in [-0.25, -0.2) is 0 Å². The van der Waals surface area contributed by atoms with Crippen LogP contribution in [0, 0.1) is 17.0 Å². The van der Waals surface area contributed by atoms with E-state index in [1.165, 1.54) is 25.1 Å². The Morgan fingerprint density at radius 3 is 2.48 bits per heavy atom. The predicted molar refractivity (Wildman–Crippen MR) is 101 cm³/mol. The standard InChI is InChI=1S/C19H21N3O5/c1-13-14(8-5-10-17(13)22(25)26)19(24)21-16-9-4-3-7-15(16)18(23)20-11-6-12-27-2/h3-5,7-10H,6,11-12H2,1-2H3,(H,20,23)(H,21,24). The SMILES string of the molecule is COCCCNC(=O)c1ccccc1NC(=O)c1cccc([N+](=O)[O-])c1C. The van der Waals surface area contributed by atoms with Crippen molar-refractivity contribution in [1.29, 1.82) is 0 Å². The first-order chi connectivity index (χ1) is 13.0. The molecule has 0 atom stereocenters. The lowest BCUT2D eigenvalue weighted by Crippen LogP contribution is -2.26. The van der Waals surface area contributed by atoms with E-state index >= 15 is 0 Å². The molecule has 8 heteroatoms. The van der Waals surface area contributed by atoms with E-state index in [2.05, 4.69) is 10.6 Å². The van der Waals surface area contributed by atoms with Crippen molar-refractivity contribution in [3.63, 3.8) is 0 Å². The van der Waals surface area contributed by atoms with Gasteiger partial charge in [0.2, 0.25) is 0 Å². The zero-order valence-electron chi connectivity index (χ0n) is 15.2. The molecule has 0 heterocycles. The third-order valence-corrected chi connectivity index (χ3v) is 3.98. The number of hydrogen-bond acceptors (Lipinski definition) is 5. The minimum Gasteiger partial charge on any atom is -0.385 e. The van der Waals surface area contributed by atoms with Crippen LogP contribution < -0.4 is 10.6 Å². The van der Waals surface area contributed by atoms with E-state index in [0.717, 1.165) is 0 Å². The van der Waals surface area contributed by atoms with Gasteiger partial charge in [0.05, 0.1) is 16.2 Å². The Bertz CT molecular complexity index is 851. The van der Waals surface area contributed by atoms with E-state index in [1.807, 2.05) is 0 Å². The average Bonchev–Trinajstić information content (AvgIpc) is 2.65. The van der Waals surface area contributed by atoms with Crippen LogP contribution in [0.2, 0.25) is 0 Å². The van der Waals surface area contributed by atoms with Crippen molar-refractivity contribution in [1.82, 2.24) is 5.32 Å². The van der Waals surface area contributed by atoms with Gasteiger partial charge in [-0.2, -0.15) is 0 Å². The molecule has 27 heavy (non-hydrogen) atoms. The number of methoxy groups -OCH3 is 1. The molecule has 0 saturated carbocycles. The average molecular weight is 371 g/mol. The predicted octanol–water partition coefficient (Wildman–Crippen LogP) is 2.92. The summed E-state index contributed by atoms with van der Waals surface area (Å²) in [5, 5.41) is 16.5. The molecule has 2 amide bonds. The van der Waals surface area contributed by atoms with Gasteiger partial charge < -0.3 is 15.4 Å². The first-order valence-electron chi connectivity index (χ1n) is 8.37. The first-order valence-corrected chi connectivity index (χ1v) is 8.37. The van der Waals surface area contributed by atoms with Crippen molar-refractivity contribution in [2.24, 2.45) is 0 Å². The number of ether oxygens (including phenoxy) is 1. The minimum atomic E-state index is -0.534. The van der Waals surface area contributed by atoms with Crippen molar-refractivity contribution in [2.45, 2.75) is 13.3 Å². The molecule has 2 aromatic rings. The molecule has 0 aliphatic carbocycles. The van der Waals surface area contributed by atoms with Crippen LogP contribution in [-0.2, 0) is 4.74 Å². The number of hydrogen-bond donors (Lipinski definition) is 2. The summed E-state index contributed by atoms with van der Waals surface area (Å²) in [4.78, 5) is 35.5. The summed E-state index contributed by atoms with van der Waals surface area (Å²) in [5.41, 5.74) is 0.955. The highest BCUT2D eigenvalue weighted by atomic mass is 16.6. The summed E-state index contributed by atoms with van der Waals surface area (Å²) in [7, 11) is 1.59. The van der Waals surface area contributed by atoms with Crippen LogP contribution in [0.1, 0.15) is 32.7 Å². The van der Waals surface area contributed by atoms with E-state index in [0.29, 0.717) is 30.8 Å². The number of anilines is 1. The monoisotopic (exact) mass is 371 g/mol. The van der Waals surface area contributed by atoms with Crippen LogP contribution in [-0.4, -0.2) is 37.0 Å². The van der Waals surface area contributed by atoms with Crippen LogP contribution >= 0.6 is 0 Å². The molecule has 0 aliphatic rings. The molecule has 8 nitrogen and oxygen atoms in total. The van der Waals surface area contributed by atoms with E-state index in [1.54, 1.807) is 31.4 Å². The molecule has 0 aromatic heterocycles. The number of carbonyl (C=O) groups is 2. The van der Waals surface area contributed by atoms with Gasteiger partial charge in [-0.15, -0.1) is 0 Å². The fourth-order valence-electron chi connectivity index (χ4n) is 2.56. The number of benzene rings is 2. The lowest BCUT2D eigenvalue weighted by molar-refractivity contribution is -0.385. The van der Waals surface area contributed by atoms with E-state index in [9.17, 15) is 19.7 Å². The number of nitro groups is 1. The zero-order chi connectivity index (χ0) is 19.8. The molecule has 2 aromatic carbocycles. The first kappa shape index (κ1) is 20.1. The molecule has 0 saturated heterocycles. The second kappa shape index (κ2) is 9.44. The van der Waals surface area contributed by atoms with Crippen LogP contribution in [0.4, 0.5) is 11.4 Å². The summed E-state index contributed by atoms with van der Waals surface area (Å²) < 4.78 is 4.94. The summed E-state index contributed by atoms with van der Waals surface area (Å²) in [6.07, 6.45) is 0.670. The Morgan fingerprint density at radius 1 is 1.07 bits per heavy atom. The Balaban J connectivity index is 2.18. The molecule has 0 radical (unpaired) electrons. The molecule has 0 fully saturated rings. The molecule has 0 unspecified atom stereocenters. The van der Waals surface area contributed by atoms with Crippen molar-refractivity contribution >= 4 is 23.2 Å². The second-order valence-corrected chi connectivity index (χ2v) is 5.81. The van der Waals surface area contributed by atoms with Gasteiger partial charge in [0.25, 0.3) is 17.5 Å². The lowest BCUT2D eigenvalue weighted by atomic mass is 10.1. The Kier molecular flexibility index (Phi) is 7.01.